The van der Waals surface area contributed by atoms with E-state index < -0.39 is 0 Å². The van der Waals surface area contributed by atoms with E-state index in [9.17, 15) is 4.79 Å². The number of methoxy groups -OCH3 is 1. The van der Waals surface area contributed by atoms with E-state index in [2.05, 4.69) is 15.4 Å². The summed E-state index contributed by atoms with van der Waals surface area (Å²) < 4.78 is 7.13. The molecule has 1 amide bonds. The molecule has 0 spiro atoms. The molecule has 0 bridgehead atoms. The van der Waals surface area contributed by atoms with Crippen molar-refractivity contribution in [3.63, 3.8) is 0 Å². The number of carbonyl (C=O) groups is 1. The van der Waals surface area contributed by atoms with E-state index in [1.165, 1.54) is 6.33 Å². The number of hydrogen-bond acceptors (Lipinski definition) is 4. The maximum Gasteiger partial charge on any atom is 0.222 e. The van der Waals surface area contributed by atoms with Crippen molar-refractivity contribution in [3.05, 3.63) is 47.5 Å². The van der Waals surface area contributed by atoms with Crippen LogP contribution >= 0.6 is 11.6 Å². The van der Waals surface area contributed by atoms with Crippen molar-refractivity contribution in [1.82, 2.24) is 20.1 Å². The normalized spacial score (nSPS) is 13.6. The third kappa shape index (κ3) is 4.54. The molecule has 22 heavy (non-hydrogen) atoms. The quantitative estimate of drug-likeness (QED) is 0.848. The fourth-order valence-corrected chi connectivity index (χ4v) is 2.37. The predicted molar refractivity (Wildman–Crippen MR) is 83.4 cm³/mol. The van der Waals surface area contributed by atoms with Gasteiger partial charge in [-0.25, -0.2) is 4.98 Å². The molecule has 7 heteroatoms. The Labute approximate surface area is 134 Å². The van der Waals surface area contributed by atoms with Gasteiger partial charge in [-0.3, -0.25) is 9.48 Å². The summed E-state index contributed by atoms with van der Waals surface area (Å²) in [6, 6.07) is 7.25. The van der Waals surface area contributed by atoms with Crippen LogP contribution in [0.15, 0.2) is 36.9 Å². The van der Waals surface area contributed by atoms with E-state index in [4.69, 9.17) is 16.3 Å². The molecule has 2 rings (SSSR count). The van der Waals surface area contributed by atoms with Crippen molar-refractivity contribution in [1.29, 1.82) is 0 Å². The van der Waals surface area contributed by atoms with Crippen molar-refractivity contribution in [2.75, 3.05) is 7.11 Å². The fourth-order valence-electron chi connectivity index (χ4n) is 2.25. The molecule has 0 saturated carbocycles. The molecule has 0 aliphatic carbocycles. The highest BCUT2D eigenvalue weighted by molar-refractivity contribution is 6.30. The standard InChI is InChI=1S/C15H19ClN4O2/c1-11(15(22-2)12-3-5-13(16)6-4-12)19-14(21)7-8-20-10-17-9-18-20/h3-6,9-11,15H,7-8H2,1-2H3,(H,19,21)/t11-,15-/m0/s1. The molecule has 1 heterocycles. The number of aromatic nitrogens is 3. The van der Waals surface area contributed by atoms with Crippen LogP contribution < -0.4 is 5.32 Å². The van der Waals surface area contributed by atoms with Crippen molar-refractivity contribution < 1.29 is 9.53 Å². The van der Waals surface area contributed by atoms with E-state index in [-0.39, 0.29) is 18.1 Å². The van der Waals surface area contributed by atoms with Crippen LogP contribution in [0.3, 0.4) is 0 Å². The van der Waals surface area contributed by atoms with Crippen LogP contribution in [0.4, 0.5) is 0 Å². The van der Waals surface area contributed by atoms with Gasteiger partial charge >= 0.3 is 0 Å². The van der Waals surface area contributed by atoms with Crippen molar-refractivity contribution in [2.45, 2.75) is 32.0 Å². The Kier molecular flexibility index (Phi) is 5.91. The lowest BCUT2D eigenvalue weighted by Crippen LogP contribution is -2.38. The molecule has 1 aromatic heterocycles. The first-order valence-electron chi connectivity index (χ1n) is 7.00. The zero-order valence-corrected chi connectivity index (χ0v) is 13.3. The summed E-state index contributed by atoms with van der Waals surface area (Å²) in [7, 11) is 1.62. The zero-order valence-electron chi connectivity index (χ0n) is 12.6. The number of amides is 1. The van der Waals surface area contributed by atoms with E-state index in [1.807, 2.05) is 31.2 Å². The SMILES string of the molecule is CO[C@H](c1ccc(Cl)cc1)[C@H](C)NC(=O)CCn1cncn1. The summed E-state index contributed by atoms with van der Waals surface area (Å²) in [6.07, 6.45) is 3.14. The highest BCUT2D eigenvalue weighted by atomic mass is 35.5. The van der Waals surface area contributed by atoms with Crippen LogP contribution in [0, 0.1) is 0 Å². The van der Waals surface area contributed by atoms with Crippen molar-refractivity contribution >= 4 is 17.5 Å². The molecule has 6 nitrogen and oxygen atoms in total. The number of nitrogens with one attached hydrogen (secondary N) is 1. The minimum atomic E-state index is -0.229. The van der Waals surface area contributed by atoms with E-state index >= 15 is 0 Å². The lowest BCUT2D eigenvalue weighted by atomic mass is 10.0. The van der Waals surface area contributed by atoms with Crippen LogP contribution in [0.5, 0.6) is 0 Å². The Morgan fingerprint density at radius 3 is 2.73 bits per heavy atom. The maximum atomic E-state index is 12.0. The molecular weight excluding hydrogens is 304 g/mol. The molecule has 0 radical (unpaired) electrons. The first kappa shape index (κ1) is 16.5. The van der Waals surface area contributed by atoms with E-state index in [0.717, 1.165) is 5.56 Å². The first-order valence-corrected chi connectivity index (χ1v) is 7.38. The number of carbonyl (C=O) groups excluding carboxylic acids is 1. The third-order valence-electron chi connectivity index (χ3n) is 3.33. The molecule has 0 unspecified atom stereocenters. The van der Waals surface area contributed by atoms with Crippen LogP contribution in [0.2, 0.25) is 5.02 Å². The summed E-state index contributed by atoms with van der Waals surface area (Å²) in [5.41, 5.74) is 0.968. The molecule has 2 aromatic rings. The summed E-state index contributed by atoms with van der Waals surface area (Å²) >= 11 is 5.89. The zero-order chi connectivity index (χ0) is 15.9. The number of ether oxygens (including phenoxy) is 1. The van der Waals surface area contributed by atoms with Gasteiger partial charge in [-0.1, -0.05) is 23.7 Å². The smallest absolute Gasteiger partial charge is 0.222 e. The Bertz CT molecular complexity index is 586. The number of halogens is 1. The van der Waals surface area contributed by atoms with Gasteiger partial charge in [0, 0.05) is 18.6 Å². The molecule has 118 valence electrons. The van der Waals surface area contributed by atoms with Gasteiger partial charge in [-0.15, -0.1) is 0 Å². The lowest BCUT2D eigenvalue weighted by Gasteiger charge is -2.24. The number of nitrogens with zero attached hydrogens (tertiary/aromatic N) is 3. The number of rotatable bonds is 7. The lowest BCUT2D eigenvalue weighted by molar-refractivity contribution is -0.123. The topological polar surface area (TPSA) is 69.0 Å². The van der Waals surface area contributed by atoms with Crippen molar-refractivity contribution in [2.24, 2.45) is 0 Å². The van der Waals surface area contributed by atoms with Gasteiger partial charge in [0.2, 0.25) is 5.91 Å². The van der Waals surface area contributed by atoms with Gasteiger partial charge in [0.05, 0.1) is 12.6 Å². The summed E-state index contributed by atoms with van der Waals surface area (Å²) in [5, 5.41) is 7.58. The van der Waals surface area contributed by atoms with Gasteiger partial charge < -0.3 is 10.1 Å². The second kappa shape index (κ2) is 7.91. The van der Waals surface area contributed by atoms with Gasteiger partial charge in [-0.05, 0) is 24.6 Å². The minimum Gasteiger partial charge on any atom is -0.375 e. The van der Waals surface area contributed by atoms with Gasteiger partial charge in [0.1, 0.15) is 18.8 Å². The molecule has 0 fully saturated rings. The maximum absolute atomic E-state index is 12.0. The average molecular weight is 323 g/mol. The molecular formula is C15H19ClN4O2. The Balaban J connectivity index is 1.89. The first-order chi connectivity index (χ1) is 10.6. The summed E-state index contributed by atoms with van der Waals surface area (Å²) in [4.78, 5) is 15.8. The molecule has 0 aliphatic rings. The second-order valence-electron chi connectivity index (χ2n) is 4.97. The third-order valence-corrected chi connectivity index (χ3v) is 3.58. The summed E-state index contributed by atoms with van der Waals surface area (Å²) in [5.74, 6) is -0.0565. The largest absolute Gasteiger partial charge is 0.375 e. The van der Waals surface area contributed by atoms with Gasteiger partial charge in [-0.2, -0.15) is 5.10 Å². The second-order valence-corrected chi connectivity index (χ2v) is 5.41. The fraction of sp³-hybridized carbons (Fsp3) is 0.400. The van der Waals surface area contributed by atoms with Crippen LogP contribution in [0.25, 0.3) is 0 Å². The van der Waals surface area contributed by atoms with E-state index in [0.29, 0.717) is 18.0 Å². The van der Waals surface area contributed by atoms with Crippen molar-refractivity contribution in [3.8, 4) is 0 Å². The van der Waals surface area contributed by atoms with Crippen LogP contribution in [-0.4, -0.2) is 33.8 Å². The van der Waals surface area contributed by atoms with E-state index in [1.54, 1.807) is 18.1 Å². The Hall–Kier alpha value is -1.92. The molecule has 2 atom stereocenters. The minimum absolute atomic E-state index is 0.0565. The highest BCUT2D eigenvalue weighted by Gasteiger charge is 2.20. The Morgan fingerprint density at radius 1 is 1.41 bits per heavy atom. The molecule has 0 aliphatic heterocycles. The Morgan fingerprint density at radius 2 is 2.14 bits per heavy atom. The number of aryl methyl sites for hydroxylation is 1. The van der Waals surface area contributed by atoms with Gasteiger partial charge in [0.15, 0.2) is 0 Å². The molecule has 1 aromatic carbocycles. The molecule has 1 N–H and O–H groups in total. The van der Waals surface area contributed by atoms with Crippen LogP contribution in [0.1, 0.15) is 25.0 Å². The number of hydrogen-bond donors (Lipinski definition) is 1. The predicted octanol–water partition coefficient (Wildman–Crippen LogP) is 2.21. The van der Waals surface area contributed by atoms with Gasteiger partial charge in [0.25, 0.3) is 0 Å². The van der Waals surface area contributed by atoms with Crippen LogP contribution in [-0.2, 0) is 16.1 Å². The summed E-state index contributed by atoms with van der Waals surface area (Å²) in [6.45, 7) is 2.41. The highest BCUT2D eigenvalue weighted by Crippen LogP contribution is 2.22. The monoisotopic (exact) mass is 322 g/mol. The molecule has 0 saturated heterocycles. The number of benzene rings is 1. The average Bonchev–Trinajstić information content (AvgIpc) is 3.01.